The molecule has 1 aliphatic heterocycles. The van der Waals surface area contributed by atoms with Gasteiger partial charge in [0.05, 0.1) is 5.56 Å². The van der Waals surface area contributed by atoms with E-state index in [9.17, 15) is 4.79 Å². The van der Waals surface area contributed by atoms with Gasteiger partial charge in [-0.1, -0.05) is 24.1 Å². The standard InChI is InChI=1S/C20H26N2O3/c1-14-10-15(2)12-17(11-14)24-13-18-16(3)25-21-19(18)20(23)22-8-6-4-5-7-9-22/h10-12H,4-9,13H2,1-3H3. The summed E-state index contributed by atoms with van der Waals surface area (Å²) in [7, 11) is 0. The van der Waals surface area contributed by atoms with Crippen LogP contribution in [0, 0.1) is 20.8 Å². The Morgan fingerprint density at radius 3 is 2.36 bits per heavy atom. The van der Waals surface area contributed by atoms with Crippen molar-refractivity contribution >= 4 is 5.91 Å². The highest BCUT2D eigenvalue weighted by molar-refractivity contribution is 5.93. The van der Waals surface area contributed by atoms with E-state index in [2.05, 4.69) is 11.2 Å². The van der Waals surface area contributed by atoms with Gasteiger partial charge in [-0.3, -0.25) is 4.79 Å². The fourth-order valence-electron chi connectivity index (χ4n) is 3.32. The first-order chi connectivity index (χ1) is 12.0. The summed E-state index contributed by atoms with van der Waals surface area (Å²) in [6.45, 7) is 7.78. The molecule has 0 radical (unpaired) electrons. The van der Waals surface area contributed by atoms with Crippen LogP contribution in [-0.4, -0.2) is 29.1 Å². The third-order valence-electron chi connectivity index (χ3n) is 4.66. The van der Waals surface area contributed by atoms with Crippen molar-refractivity contribution < 1.29 is 14.1 Å². The number of amides is 1. The number of benzene rings is 1. The second kappa shape index (κ2) is 7.72. The highest BCUT2D eigenvalue weighted by Crippen LogP contribution is 2.22. The number of aryl methyl sites for hydroxylation is 3. The van der Waals surface area contributed by atoms with Gasteiger partial charge in [0.15, 0.2) is 5.69 Å². The van der Waals surface area contributed by atoms with Crippen molar-refractivity contribution in [3.8, 4) is 5.75 Å². The summed E-state index contributed by atoms with van der Waals surface area (Å²) in [5, 5.41) is 4.02. The maximum atomic E-state index is 12.9. The summed E-state index contributed by atoms with van der Waals surface area (Å²) >= 11 is 0. The minimum Gasteiger partial charge on any atom is -0.489 e. The molecule has 1 aromatic carbocycles. The first-order valence-electron chi connectivity index (χ1n) is 9.00. The van der Waals surface area contributed by atoms with Gasteiger partial charge in [0.1, 0.15) is 18.1 Å². The molecule has 0 aliphatic carbocycles. The lowest BCUT2D eigenvalue weighted by Gasteiger charge is -2.19. The smallest absolute Gasteiger partial charge is 0.276 e. The minimum absolute atomic E-state index is 0.0437. The molecule has 0 atom stereocenters. The Kier molecular flexibility index (Phi) is 5.41. The fraction of sp³-hybridized carbons (Fsp3) is 0.500. The van der Waals surface area contributed by atoms with E-state index in [1.165, 1.54) is 12.8 Å². The Balaban J connectivity index is 1.75. The molecular weight excluding hydrogens is 316 g/mol. The zero-order chi connectivity index (χ0) is 17.8. The van der Waals surface area contributed by atoms with Crippen LogP contribution in [0.1, 0.15) is 58.6 Å². The molecule has 1 saturated heterocycles. The number of carbonyl (C=O) groups is 1. The van der Waals surface area contributed by atoms with E-state index in [4.69, 9.17) is 9.26 Å². The van der Waals surface area contributed by atoms with Gasteiger partial charge in [0.2, 0.25) is 0 Å². The summed E-state index contributed by atoms with van der Waals surface area (Å²) in [6, 6.07) is 6.09. The van der Waals surface area contributed by atoms with Crippen molar-refractivity contribution in [1.29, 1.82) is 0 Å². The van der Waals surface area contributed by atoms with Gasteiger partial charge < -0.3 is 14.2 Å². The summed E-state index contributed by atoms with van der Waals surface area (Å²) in [5.74, 6) is 1.39. The maximum absolute atomic E-state index is 12.9. The molecule has 0 bridgehead atoms. The van der Waals surface area contributed by atoms with Crippen molar-refractivity contribution in [1.82, 2.24) is 10.1 Å². The van der Waals surface area contributed by atoms with Crippen LogP contribution < -0.4 is 4.74 Å². The van der Waals surface area contributed by atoms with E-state index < -0.39 is 0 Å². The van der Waals surface area contributed by atoms with Crippen LogP contribution in [0.15, 0.2) is 22.7 Å². The zero-order valence-electron chi connectivity index (χ0n) is 15.3. The average molecular weight is 342 g/mol. The highest BCUT2D eigenvalue weighted by Gasteiger charge is 2.25. The normalized spacial score (nSPS) is 15.1. The number of carbonyl (C=O) groups excluding carboxylic acids is 1. The average Bonchev–Trinajstić information content (AvgIpc) is 2.76. The largest absolute Gasteiger partial charge is 0.489 e. The van der Waals surface area contributed by atoms with Gasteiger partial charge in [-0.05, 0) is 56.9 Å². The third-order valence-corrected chi connectivity index (χ3v) is 4.66. The molecule has 0 N–H and O–H groups in total. The molecule has 1 aliphatic rings. The predicted octanol–water partition coefficient (Wildman–Crippen LogP) is 4.20. The molecule has 0 unspecified atom stereocenters. The van der Waals surface area contributed by atoms with Gasteiger partial charge in [0.25, 0.3) is 5.91 Å². The molecular formula is C20H26N2O3. The van der Waals surface area contributed by atoms with E-state index in [1.54, 1.807) is 0 Å². The van der Waals surface area contributed by atoms with Crippen LogP contribution in [0.4, 0.5) is 0 Å². The topological polar surface area (TPSA) is 55.6 Å². The highest BCUT2D eigenvalue weighted by atomic mass is 16.5. The molecule has 25 heavy (non-hydrogen) atoms. The molecule has 2 aromatic rings. The molecule has 2 heterocycles. The molecule has 5 heteroatoms. The molecule has 5 nitrogen and oxygen atoms in total. The van der Waals surface area contributed by atoms with Gasteiger partial charge in [-0.25, -0.2) is 0 Å². The first-order valence-corrected chi connectivity index (χ1v) is 9.00. The van der Waals surface area contributed by atoms with E-state index >= 15 is 0 Å². The molecule has 1 aromatic heterocycles. The summed E-state index contributed by atoms with van der Waals surface area (Å²) in [5.41, 5.74) is 3.44. The zero-order valence-corrected chi connectivity index (χ0v) is 15.3. The second-order valence-corrected chi connectivity index (χ2v) is 6.88. The quantitative estimate of drug-likeness (QED) is 0.836. The monoisotopic (exact) mass is 342 g/mol. The van der Waals surface area contributed by atoms with Crippen molar-refractivity contribution in [2.75, 3.05) is 13.1 Å². The second-order valence-electron chi connectivity index (χ2n) is 6.88. The van der Waals surface area contributed by atoms with Crippen LogP contribution >= 0.6 is 0 Å². The molecule has 0 spiro atoms. The van der Waals surface area contributed by atoms with Gasteiger partial charge >= 0.3 is 0 Å². The lowest BCUT2D eigenvalue weighted by atomic mass is 10.1. The summed E-state index contributed by atoms with van der Waals surface area (Å²) < 4.78 is 11.2. The van der Waals surface area contributed by atoms with E-state index in [1.807, 2.05) is 37.8 Å². The lowest BCUT2D eigenvalue weighted by molar-refractivity contribution is 0.0748. The summed E-state index contributed by atoms with van der Waals surface area (Å²) in [4.78, 5) is 14.7. The third kappa shape index (κ3) is 4.21. The number of nitrogens with zero attached hydrogens (tertiary/aromatic N) is 2. The Labute approximate surface area is 148 Å². The van der Waals surface area contributed by atoms with Crippen LogP contribution in [0.2, 0.25) is 0 Å². The lowest BCUT2D eigenvalue weighted by Crippen LogP contribution is -2.32. The Bertz CT molecular complexity index is 723. The Morgan fingerprint density at radius 2 is 1.72 bits per heavy atom. The van der Waals surface area contributed by atoms with Crippen molar-refractivity contribution in [3.63, 3.8) is 0 Å². The molecule has 0 saturated carbocycles. The van der Waals surface area contributed by atoms with E-state index in [0.717, 1.165) is 48.4 Å². The minimum atomic E-state index is -0.0437. The Morgan fingerprint density at radius 1 is 1.08 bits per heavy atom. The van der Waals surface area contributed by atoms with Crippen LogP contribution in [-0.2, 0) is 6.61 Å². The van der Waals surface area contributed by atoms with Crippen LogP contribution in [0.25, 0.3) is 0 Å². The SMILES string of the molecule is Cc1cc(C)cc(OCc2c(C(=O)N3CCCCCC3)noc2C)c1. The number of aromatic nitrogens is 1. The fourth-order valence-corrected chi connectivity index (χ4v) is 3.32. The van der Waals surface area contributed by atoms with Crippen molar-refractivity contribution in [2.24, 2.45) is 0 Å². The number of hydrogen-bond donors (Lipinski definition) is 0. The predicted molar refractivity (Wildman–Crippen MR) is 95.9 cm³/mol. The van der Waals surface area contributed by atoms with Crippen LogP contribution in [0.5, 0.6) is 5.75 Å². The van der Waals surface area contributed by atoms with Crippen molar-refractivity contribution in [2.45, 2.75) is 53.1 Å². The first kappa shape index (κ1) is 17.5. The Hall–Kier alpha value is -2.30. The number of likely N-dealkylation sites (tertiary alicyclic amines) is 1. The molecule has 1 amide bonds. The van der Waals surface area contributed by atoms with E-state index in [0.29, 0.717) is 11.5 Å². The molecule has 3 rings (SSSR count). The number of rotatable bonds is 4. The molecule has 134 valence electrons. The number of ether oxygens (including phenoxy) is 1. The number of hydrogen-bond acceptors (Lipinski definition) is 4. The van der Waals surface area contributed by atoms with Crippen LogP contribution in [0.3, 0.4) is 0 Å². The summed E-state index contributed by atoms with van der Waals surface area (Å²) in [6.07, 6.45) is 4.47. The maximum Gasteiger partial charge on any atom is 0.276 e. The van der Waals surface area contributed by atoms with Gasteiger partial charge in [-0.2, -0.15) is 0 Å². The van der Waals surface area contributed by atoms with Gasteiger partial charge in [0, 0.05) is 13.1 Å². The molecule has 1 fully saturated rings. The van der Waals surface area contributed by atoms with Crippen molar-refractivity contribution in [3.05, 3.63) is 46.3 Å². The van der Waals surface area contributed by atoms with Gasteiger partial charge in [-0.15, -0.1) is 0 Å². The van der Waals surface area contributed by atoms with E-state index in [-0.39, 0.29) is 12.5 Å².